The molecule has 3 aliphatic heterocycles. The SMILES string of the molecule is CC(Oc1cc(N2CCC(N3CCN(C)CC3)CC2)ccc1Nc1cc(N2OCCC2c2ccccc2)ncn1)C(F)(F)F. The van der Waals surface area contributed by atoms with Crippen molar-refractivity contribution >= 4 is 23.0 Å². The zero-order valence-corrected chi connectivity index (χ0v) is 25.2. The van der Waals surface area contributed by atoms with Crippen molar-refractivity contribution in [3.8, 4) is 5.75 Å². The molecule has 3 fully saturated rings. The van der Waals surface area contributed by atoms with E-state index in [9.17, 15) is 13.2 Å². The van der Waals surface area contributed by atoms with Crippen molar-refractivity contribution in [2.24, 2.45) is 0 Å². The van der Waals surface area contributed by atoms with Crippen molar-refractivity contribution in [2.45, 2.75) is 50.6 Å². The molecule has 0 bridgehead atoms. The lowest BCUT2D eigenvalue weighted by molar-refractivity contribution is -0.189. The summed E-state index contributed by atoms with van der Waals surface area (Å²) < 4.78 is 46.3. The summed E-state index contributed by atoms with van der Waals surface area (Å²) in [5.74, 6) is 1.09. The molecule has 12 heteroatoms. The molecule has 3 aromatic rings. The lowest BCUT2D eigenvalue weighted by atomic mass is 10.0. The second kappa shape index (κ2) is 13.2. The molecule has 3 aliphatic rings. The summed E-state index contributed by atoms with van der Waals surface area (Å²) >= 11 is 0. The second-order valence-electron chi connectivity index (χ2n) is 11.8. The molecule has 1 N–H and O–H groups in total. The van der Waals surface area contributed by atoms with E-state index in [1.807, 2.05) is 24.3 Å². The number of hydrogen-bond donors (Lipinski definition) is 1. The lowest BCUT2D eigenvalue weighted by Gasteiger charge is -2.42. The topological polar surface area (TPSA) is 69.2 Å². The number of nitrogens with zero attached hydrogens (tertiary/aromatic N) is 6. The Labute approximate surface area is 256 Å². The molecular formula is C32H40F3N7O2. The summed E-state index contributed by atoms with van der Waals surface area (Å²) in [7, 11) is 2.16. The number of anilines is 4. The minimum Gasteiger partial charge on any atom is -0.479 e. The molecule has 4 heterocycles. The minimum atomic E-state index is -4.50. The number of halogens is 3. The Bertz CT molecular complexity index is 1380. The standard InChI is InChI=1S/C32H40F3N7O2/c1-23(32(33,34)35)44-29-20-26(40-13-10-25(11-14-40)41-17-15-39(2)16-18-41)8-9-27(29)38-30-21-31(37-22-36-30)42-28(12-19-43-42)24-6-4-3-5-7-24/h3-9,20-23,25,28H,10-19H2,1-2H3,(H,36,37,38). The molecule has 2 atom stereocenters. The number of benzene rings is 2. The molecule has 0 saturated carbocycles. The first-order valence-electron chi connectivity index (χ1n) is 15.4. The average Bonchev–Trinajstić information content (AvgIpc) is 3.53. The van der Waals surface area contributed by atoms with Gasteiger partial charge in [-0.2, -0.15) is 13.2 Å². The second-order valence-corrected chi connectivity index (χ2v) is 11.8. The first-order chi connectivity index (χ1) is 21.2. The van der Waals surface area contributed by atoms with Crippen LogP contribution in [-0.2, 0) is 4.84 Å². The third-order valence-electron chi connectivity index (χ3n) is 8.84. The molecular weight excluding hydrogens is 571 g/mol. The van der Waals surface area contributed by atoms with Crippen LogP contribution in [0.5, 0.6) is 5.75 Å². The fourth-order valence-corrected chi connectivity index (χ4v) is 6.19. The molecule has 0 radical (unpaired) electrons. The summed E-state index contributed by atoms with van der Waals surface area (Å²) in [6.45, 7) is 7.58. The first kappa shape index (κ1) is 30.4. The molecule has 2 aromatic carbocycles. The van der Waals surface area contributed by atoms with Crippen LogP contribution in [0, 0.1) is 0 Å². The van der Waals surface area contributed by atoms with E-state index in [1.165, 1.54) is 6.33 Å². The molecule has 3 saturated heterocycles. The zero-order valence-electron chi connectivity index (χ0n) is 25.2. The van der Waals surface area contributed by atoms with E-state index in [4.69, 9.17) is 9.57 Å². The normalized spacial score (nSPS) is 21.4. The highest BCUT2D eigenvalue weighted by Crippen LogP contribution is 2.38. The first-order valence-corrected chi connectivity index (χ1v) is 15.4. The predicted molar refractivity (Wildman–Crippen MR) is 164 cm³/mol. The highest BCUT2D eigenvalue weighted by Gasteiger charge is 2.38. The molecule has 2 unspecified atom stereocenters. The Morgan fingerprint density at radius 2 is 1.68 bits per heavy atom. The molecule has 44 heavy (non-hydrogen) atoms. The number of nitrogens with one attached hydrogen (secondary N) is 1. The number of hydroxylamine groups is 1. The largest absolute Gasteiger partial charge is 0.479 e. The molecule has 6 rings (SSSR count). The maximum atomic E-state index is 13.6. The number of aromatic nitrogens is 2. The number of alkyl halides is 3. The van der Waals surface area contributed by atoms with Crippen molar-refractivity contribution in [3.63, 3.8) is 0 Å². The van der Waals surface area contributed by atoms with Gasteiger partial charge in [-0.1, -0.05) is 30.3 Å². The Morgan fingerprint density at radius 3 is 2.41 bits per heavy atom. The predicted octanol–water partition coefficient (Wildman–Crippen LogP) is 5.65. The van der Waals surface area contributed by atoms with E-state index in [-0.39, 0.29) is 11.8 Å². The smallest absolute Gasteiger partial charge is 0.425 e. The van der Waals surface area contributed by atoms with Gasteiger partial charge in [0, 0.05) is 69.6 Å². The summed E-state index contributed by atoms with van der Waals surface area (Å²) in [6, 6.07) is 17.7. The summed E-state index contributed by atoms with van der Waals surface area (Å²) in [6.07, 6.45) is -2.23. The van der Waals surface area contributed by atoms with Crippen LogP contribution in [0.4, 0.5) is 36.2 Å². The molecule has 236 valence electrons. The van der Waals surface area contributed by atoms with Crippen LogP contribution < -0.4 is 20.0 Å². The average molecular weight is 612 g/mol. The van der Waals surface area contributed by atoms with Gasteiger partial charge in [0.05, 0.1) is 18.3 Å². The van der Waals surface area contributed by atoms with E-state index in [0.717, 1.165) is 76.7 Å². The Hall–Kier alpha value is -3.61. The Balaban J connectivity index is 1.19. The fourth-order valence-electron chi connectivity index (χ4n) is 6.19. The Morgan fingerprint density at radius 1 is 0.932 bits per heavy atom. The maximum Gasteiger partial charge on any atom is 0.425 e. The van der Waals surface area contributed by atoms with Gasteiger partial charge in [0.1, 0.15) is 17.9 Å². The van der Waals surface area contributed by atoms with Crippen molar-refractivity contribution in [2.75, 3.05) is 68.2 Å². The van der Waals surface area contributed by atoms with Gasteiger partial charge in [0.2, 0.25) is 0 Å². The number of likely N-dealkylation sites (N-methyl/N-ethyl adjacent to an activating group) is 1. The van der Waals surface area contributed by atoms with Crippen LogP contribution in [0.1, 0.15) is 37.8 Å². The fraction of sp³-hybridized carbons (Fsp3) is 0.500. The van der Waals surface area contributed by atoms with Crippen LogP contribution in [0.25, 0.3) is 0 Å². The van der Waals surface area contributed by atoms with Gasteiger partial charge in [0.15, 0.2) is 11.9 Å². The summed E-state index contributed by atoms with van der Waals surface area (Å²) in [5, 5.41) is 4.94. The monoisotopic (exact) mass is 611 g/mol. The molecule has 0 aliphatic carbocycles. The van der Waals surface area contributed by atoms with Crippen molar-refractivity contribution in [3.05, 3.63) is 66.5 Å². The van der Waals surface area contributed by atoms with Crippen LogP contribution in [-0.4, -0.2) is 91.0 Å². The molecule has 0 amide bonds. The van der Waals surface area contributed by atoms with Crippen molar-refractivity contribution < 1.29 is 22.7 Å². The highest BCUT2D eigenvalue weighted by molar-refractivity contribution is 5.70. The lowest BCUT2D eigenvalue weighted by Crippen LogP contribution is -2.52. The van der Waals surface area contributed by atoms with Gasteiger partial charge >= 0.3 is 6.18 Å². The zero-order chi connectivity index (χ0) is 30.7. The molecule has 9 nitrogen and oxygen atoms in total. The number of rotatable bonds is 8. The maximum absolute atomic E-state index is 13.6. The van der Waals surface area contributed by atoms with Gasteiger partial charge in [-0.3, -0.25) is 9.74 Å². The number of piperidine rings is 1. The van der Waals surface area contributed by atoms with Crippen LogP contribution >= 0.6 is 0 Å². The Kier molecular flexibility index (Phi) is 9.11. The quantitative estimate of drug-likeness (QED) is 0.348. The highest BCUT2D eigenvalue weighted by atomic mass is 19.4. The van der Waals surface area contributed by atoms with E-state index in [1.54, 1.807) is 23.3 Å². The number of piperazine rings is 1. The molecule has 0 spiro atoms. The van der Waals surface area contributed by atoms with E-state index >= 15 is 0 Å². The minimum absolute atomic E-state index is 0.00912. The van der Waals surface area contributed by atoms with E-state index in [2.05, 4.69) is 49.2 Å². The van der Waals surface area contributed by atoms with E-state index in [0.29, 0.717) is 30.0 Å². The summed E-state index contributed by atoms with van der Waals surface area (Å²) in [5.41, 5.74) is 2.35. The van der Waals surface area contributed by atoms with Gasteiger partial charge in [-0.15, -0.1) is 0 Å². The van der Waals surface area contributed by atoms with Crippen LogP contribution in [0.3, 0.4) is 0 Å². The van der Waals surface area contributed by atoms with Gasteiger partial charge in [0.25, 0.3) is 0 Å². The van der Waals surface area contributed by atoms with Gasteiger partial charge < -0.3 is 19.9 Å². The van der Waals surface area contributed by atoms with Crippen LogP contribution in [0.2, 0.25) is 0 Å². The number of hydrogen-bond acceptors (Lipinski definition) is 9. The third kappa shape index (κ3) is 7.03. The van der Waals surface area contributed by atoms with Gasteiger partial charge in [-0.25, -0.2) is 15.0 Å². The van der Waals surface area contributed by atoms with Gasteiger partial charge in [-0.05, 0) is 44.5 Å². The number of ether oxygens (including phenoxy) is 1. The van der Waals surface area contributed by atoms with Crippen LogP contribution in [0.15, 0.2) is 60.9 Å². The van der Waals surface area contributed by atoms with Crippen molar-refractivity contribution in [1.29, 1.82) is 0 Å². The molecule has 1 aromatic heterocycles. The van der Waals surface area contributed by atoms with Crippen molar-refractivity contribution in [1.82, 2.24) is 19.8 Å². The third-order valence-corrected chi connectivity index (χ3v) is 8.84. The summed E-state index contributed by atoms with van der Waals surface area (Å²) in [4.78, 5) is 21.8. The van der Waals surface area contributed by atoms with E-state index < -0.39 is 12.3 Å².